The van der Waals surface area contributed by atoms with E-state index >= 15 is 0 Å². The average Bonchev–Trinajstić information content (AvgIpc) is 2.36. The first kappa shape index (κ1) is 14.8. The van der Waals surface area contributed by atoms with Crippen LogP contribution in [0.1, 0.15) is 78.6 Å². The Labute approximate surface area is 124 Å². The van der Waals surface area contributed by atoms with Gasteiger partial charge >= 0.3 is 0 Å². The van der Waals surface area contributed by atoms with E-state index in [4.69, 9.17) is 4.74 Å². The molecule has 0 amide bonds. The molecule has 0 radical (unpaired) electrons. The third-order valence-corrected chi connectivity index (χ3v) is 6.59. The van der Waals surface area contributed by atoms with E-state index in [1.165, 1.54) is 32.1 Å². The third kappa shape index (κ3) is 2.66. The van der Waals surface area contributed by atoms with Crippen LogP contribution in [0.4, 0.5) is 0 Å². The fraction of sp³-hybridized carbons (Fsp3) is 1.00. The van der Waals surface area contributed by atoms with Gasteiger partial charge in [0.05, 0.1) is 11.2 Å². The van der Waals surface area contributed by atoms with Crippen molar-refractivity contribution in [3.63, 3.8) is 0 Å². The zero-order valence-corrected chi connectivity index (χ0v) is 13.6. The summed E-state index contributed by atoms with van der Waals surface area (Å²) in [6.45, 7) is 7.91. The number of rotatable bonds is 1. The third-order valence-electron chi connectivity index (χ3n) is 6.59. The summed E-state index contributed by atoms with van der Waals surface area (Å²) in [7, 11) is 0. The zero-order valence-electron chi connectivity index (χ0n) is 13.6. The normalized spacial score (nSPS) is 41.4. The molecule has 0 aromatic carbocycles. The Balaban J connectivity index is 1.62. The van der Waals surface area contributed by atoms with Crippen LogP contribution in [0.2, 0.25) is 0 Å². The highest BCUT2D eigenvalue weighted by atomic mass is 16.5. The van der Waals surface area contributed by atoms with Gasteiger partial charge < -0.3 is 9.84 Å². The van der Waals surface area contributed by atoms with Crippen LogP contribution in [-0.4, -0.2) is 22.9 Å². The van der Waals surface area contributed by atoms with E-state index in [1.807, 2.05) is 0 Å². The Hall–Kier alpha value is -0.0800. The summed E-state index contributed by atoms with van der Waals surface area (Å²) in [5.74, 6) is 1.26. The second-order valence-corrected chi connectivity index (χ2v) is 8.82. The van der Waals surface area contributed by atoms with Gasteiger partial charge in [0.1, 0.15) is 0 Å². The quantitative estimate of drug-likeness (QED) is 0.776. The summed E-state index contributed by atoms with van der Waals surface area (Å²) in [4.78, 5) is 0. The number of hydrogen-bond acceptors (Lipinski definition) is 2. The standard InChI is InChI=1S/C18H32O2/c1-16(2,3)14-5-10-18(19,11-6-14)15-7-12-20-17(13-15)8-4-9-17/h14-15,19H,4-13H2,1-3H3. The van der Waals surface area contributed by atoms with Gasteiger partial charge in [-0.2, -0.15) is 0 Å². The predicted molar refractivity (Wildman–Crippen MR) is 81.6 cm³/mol. The Bertz CT molecular complexity index is 343. The molecule has 0 bridgehead atoms. The van der Waals surface area contributed by atoms with Crippen LogP contribution in [0.25, 0.3) is 0 Å². The Kier molecular flexibility index (Phi) is 3.70. The van der Waals surface area contributed by atoms with E-state index in [2.05, 4.69) is 20.8 Å². The second-order valence-electron chi connectivity index (χ2n) is 8.82. The molecule has 0 aromatic rings. The monoisotopic (exact) mass is 280 g/mol. The summed E-state index contributed by atoms with van der Waals surface area (Å²) >= 11 is 0. The van der Waals surface area contributed by atoms with Gasteiger partial charge in [-0.15, -0.1) is 0 Å². The lowest BCUT2D eigenvalue weighted by atomic mass is 9.61. The van der Waals surface area contributed by atoms with E-state index in [9.17, 15) is 5.11 Å². The van der Waals surface area contributed by atoms with E-state index in [0.717, 1.165) is 38.2 Å². The van der Waals surface area contributed by atoms with Crippen molar-refractivity contribution in [1.82, 2.24) is 0 Å². The van der Waals surface area contributed by atoms with E-state index in [1.54, 1.807) is 0 Å². The van der Waals surface area contributed by atoms with Crippen molar-refractivity contribution in [2.24, 2.45) is 17.3 Å². The van der Waals surface area contributed by atoms with E-state index < -0.39 is 5.60 Å². The number of aliphatic hydroxyl groups is 1. The zero-order chi connectivity index (χ0) is 14.4. The van der Waals surface area contributed by atoms with Crippen LogP contribution in [0.5, 0.6) is 0 Å². The molecule has 0 aromatic heterocycles. The van der Waals surface area contributed by atoms with Crippen LogP contribution in [0.3, 0.4) is 0 Å². The minimum Gasteiger partial charge on any atom is -0.390 e. The smallest absolute Gasteiger partial charge is 0.0686 e. The lowest BCUT2D eigenvalue weighted by Gasteiger charge is -2.53. The van der Waals surface area contributed by atoms with E-state index in [0.29, 0.717) is 11.3 Å². The lowest BCUT2D eigenvalue weighted by Crippen LogP contribution is -2.53. The molecule has 1 heterocycles. The van der Waals surface area contributed by atoms with E-state index in [-0.39, 0.29) is 5.60 Å². The molecule has 1 aliphatic heterocycles. The molecule has 20 heavy (non-hydrogen) atoms. The first-order valence-electron chi connectivity index (χ1n) is 8.69. The van der Waals surface area contributed by atoms with Crippen molar-refractivity contribution in [3.05, 3.63) is 0 Å². The minimum atomic E-state index is -0.395. The van der Waals surface area contributed by atoms with Gasteiger partial charge in [0.2, 0.25) is 0 Å². The topological polar surface area (TPSA) is 29.5 Å². The van der Waals surface area contributed by atoms with Crippen LogP contribution >= 0.6 is 0 Å². The molecule has 2 nitrogen and oxygen atoms in total. The van der Waals surface area contributed by atoms with Gasteiger partial charge in [-0.05, 0) is 75.0 Å². The molecule has 1 N–H and O–H groups in total. The molecule has 3 fully saturated rings. The molecule has 2 heteroatoms. The molecule has 2 saturated carbocycles. The molecule has 1 unspecified atom stereocenters. The van der Waals surface area contributed by atoms with Crippen LogP contribution in [0.15, 0.2) is 0 Å². The average molecular weight is 280 g/mol. The Morgan fingerprint density at radius 1 is 1.00 bits per heavy atom. The highest BCUT2D eigenvalue weighted by Gasteiger charge is 2.50. The first-order valence-corrected chi connectivity index (χ1v) is 8.69. The maximum atomic E-state index is 11.2. The minimum absolute atomic E-state index is 0.166. The SMILES string of the molecule is CC(C)(C)C1CCC(O)(C2CCOC3(CCC3)C2)CC1. The molecule has 116 valence electrons. The molecular weight excluding hydrogens is 248 g/mol. The van der Waals surface area contributed by atoms with Gasteiger partial charge in [-0.1, -0.05) is 20.8 Å². The second kappa shape index (κ2) is 4.98. The molecule has 1 saturated heterocycles. The summed E-state index contributed by atoms with van der Waals surface area (Å²) in [6.07, 6.45) is 10.4. The van der Waals surface area contributed by atoms with Crippen LogP contribution < -0.4 is 0 Å². The van der Waals surface area contributed by atoms with Gasteiger partial charge in [0.25, 0.3) is 0 Å². The fourth-order valence-corrected chi connectivity index (χ4v) is 4.80. The van der Waals surface area contributed by atoms with Gasteiger partial charge in [0, 0.05) is 6.61 Å². The molecule has 3 rings (SSSR count). The van der Waals surface area contributed by atoms with Gasteiger partial charge in [-0.25, -0.2) is 0 Å². The van der Waals surface area contributed by atoms with Crippen molar-refractivity contribution in [3.8, 4) is 0 Å². The molecule has 2 aliphatic carbocycles. The van der Waals surface area contributed by atoms with Crippen LogP contribution in [-0.2, 0) is 4.74 Å². The number of ether oxygens (including phenoxy) is 1. The Morgan fingerprint density at radius 2 is 1.65 bits per heavy atom. The highest BCUT2D eigenvalue weighted by molar-refractivity contribution is 5.01. The molecule has 1 spiro atoms. The summed E-state index contributed by atoms with van der Waals surface area (Å²) in [6, 6.07) is 0. The van der Waals surface area contributed by atoms with Crippen molar-refractivity contribution in [2.75, 3.05) is 6.61 Å². The maximum absolute atomic E-state index is 11.2. The summed E-state index contributed by atoms with van der Waals surface area (Å²) < 4.78 is 6.03. The van der Waals surface area contributed by atoms with Crippen LogP contribution in [0, 0.1) is 17.3 Å². The predicted octanol–water partition coefficient (Wildman–Crippen LogP) is 4.30. The van der Waals surface area contributed by atoms with Crippen molar-refractivity contribution in [1.29, 1.82) is 0 Å². The Morgan fingerprint density at radius 3 is 2.15 bits per heavy atom. The fourth-order valence-electron chi connectivity index (χ4n) is 4.80. The summed E-state index contributed by atoms with van der Waals surface area (Å²) in [5, 5.41) is 11.2. The first-order chi connectivity index (χ1) is 9.33. The maximum Gasteiger partial charge on any atom is 0.0686 e. The largest absolute Gasteiger partial charge is 0.390 e. The molecular formula is C18H32O2. The number of hydrogen-bond donors (Lipinski definition) is 1. The molecule has 3 aliphatic rings. The summed E-state index contributed by atoms with van der Waals surface area (Å²) in [5.41, 5.74) is 0.167. The van der Waals surface area contributed by atoms with Gasteiger partial charge in [0.15, 0.2) is 0 Å². The lowest BCUT2D eigenvalue weighted by molar-refractivity contribution is -0.184. The van der Waals surface area contributed by atoms with Crippen molar-refractivity contribution >= 4 is 0 Å². The van der Waals surface area contributed by atoms with Gasteiger partial charge in [-0.3, -0.25) is 0 Å². The highest BCUT2D eigenvalue weighted by Crippen LogP contribution is 2.51. The molecule has 1 atom stereocenters. The van der Waals surface area contributed by atoms with Crippen molar-refractivity contribution in [2.45, 2.75) is 89.8 Å². The van der Waals surface area contributed by atoms with Crippen molar-refractivity contribution < 1.29 is 9.84 Å².